The molecule has 0 atom stereocenters. The van der Waals surface area contributed by atoms with Crippen LogP contribution in [-0.2, 0) is 28.8 Å². The molecule has 0 aliphatic heterocycles. The largest absolute Gasteiger partial charge is 3.00 e. The summed E-state index contributed by atoms with van der Waals surface area (Å²) < 4.78 is 0. The molecule has 0 unspecified atom stereocenters. The van der Waals surface area contributed by atoms with E-state index < -0.39 is 35.8 Å². The van der Waals surface area contributed by atoms with Crippen molar-refractivity contribution >= 4 is 70.5 Å². The minimum absolute atomic E-state index is 0. The average molecular weight is 528 g/mol. The Labute approximate surface area is 226 Å². The molecule has 0 aromatic heterocycles. The molecule has 0 saturated heterocycles. The Hall–Kier alpha value is -2.90. The van der Waals surface area contributed by atoms with Gasteiger partial charge in [-0.1, -0.05) is 40.5 Å². The zero-order chi connectivity index (χ0) is 28.3. The first-order chi connectivity index (χ1) is 14.7. The van der Waals surface area contributed by atoms with E-state index >= 15 is 0 Å². The summed E-state index contributed by atoms with van der Waals surface area (Å²) >= 11 is 0. The predicted molar refractivity (Wildman–Crippen MR) is 117 cm³/mol. The van der Waals surface area contributed by atoms with Crippen LogP contribution in [0, 0.1) is 0 Å². The van der Waals surface area contributed by atoms with Gasteiger partial charge in [0.2, 0.25) is 0 Å². The number of hydrogen-bond donors (Lipinski definition) is 0. The van der Waals surface area contributed by atoms with Crippen LogP contribution in [0.3, 0.4) is 0 Å². The standard InChI is InChI=1S/3C4H6O2.3C3H6O2.2Al/c3*1-3(2)4(5)6;3*1-2-3(4)5;;/h3*1H2,2H3,(H,5,6);3*2H2,1H3,(H,4,5);;/q;;;;;;2*+3/p-6. The molecule has 0 aromatic carbocycles. The van der Waals surface area contributed by atoms with Gasteiger partial charge in [0.25, 0.3) is 0 Å². The van der Waals surface area contributed by atoms with Crippen molar-refractivity contribution in [3.63, 3.8) is 0 Å². The average Bonchev–Trinajstić information content (AvgIpc) is 2.69. The molecule has 35 heavy (non-hydrogen) atoms. The van der Waals surface area contributed by atoms with Crippen LogP contribution >= 0.6 is 0 Å². The van der Waals surface area contributed by atoms with Crippen molar-refractivity contribution in [3.8, 4) is 0 Å². The van der Waals surface area contributed by atoms with Gasteiger partial charge in [-0.05, 0) is 56.8 Å². The Balaban J connectivity index is -0.0000000413. The van der Waals surface area contributed by atoms with E-state index in [0.717, 1.165) is 0 Å². The molecule has 0 amide bonds. The van der Waals surface area contributed by atoms with Crippen LogP contribution in [0.2, 0.25) is 0 Å². The van der Waals surface area contributed by atoms with E-state index in [9.17, 15) is 59.4 Å². The van der Waals surface area contributed by atoms with Gasteiger partial charge in [-0.25, -0.2) is 0 Å². The summed E-state index contributed by atoms with van der Waals surface area (Å²) in [4.78, 5) is 56.2. The van der Waals surface area contributed by atoms with Crippen LogP contribution in [0.15, 0.2) is 36.5 Å². The van der Waals surface area contributed by atoms with Crippen LogP contribution in [0.5, 0.6) is 0 Å². The molecule has 0 rings (SSSR count). The van der Waals surface area contributed by atoms with E-state index in [0.29, 0.717) is 0 Å². The fraction of sp³-hybridized carbons (Fsp3) is 0.429. The van der Waals surface area contributed by atoms with Gasteiger partial charge in [0.1, 0.15) is 0 Å². The summed E-state index contributed by atoms with van der Waals surface area (Å²) in [6.45, 7) is 18.0. The number of carbonyl (C=O) groups is 6. The van der Waals surface area contributed by atoms with Gasteiger partial charge < -0.3 is 59.4 Å². The SMILES string of the molecule is C=C(C)C(=O)[O-].C=C(C)C(=O)[O-].C=C(C)C(=O)[O-].CCC(=O)[O-].CCC(=O)[O-].CCC(=O)[O-].[Al+3].[Al+3]. The zero-order valence-corrected chi connectivity index (χ0v) is 23.1. The first kappa shape index (κ1) is 53.5. The van der Waals surface area contributed by atoms with Crippen LogP contribution in [0.4, 0.5) is 0 Å². The maximum Gasteiger partial charge on any atom is 3.00 e. The predicted octanol–water partition coefficient (Wildman–Crippen LogP) is -5.39. The molecule has 0 aromatic rings. The molecule has 0 aliphatic carbocycles. The molecule has 0 radical (unpaired) electrons. The van der Waals surface area contributed by atoms with Gasteiger partial charge in [0.05, 0.1) is 17.9 Å². The van der Waals surface area contributed by atoms with Crippen LogP contribution in [0.1, 0.15) is 60.8 Å². The van der Waals surface area contributed by atoms with Crippen molar-refractivity contribution in [1.29, 1.82) is 0 Å². The van der Waals surface area contributed by atoms with Gasteiger partial charge in [-0.3, -0.25) is 0 Å². The molecule has 0 fully saturated rings. The third kappa shape index (κ3) is 115. The molecule has 0 aliphatic rings. The number of carboxylic acids is 6. The first-order valence-corrected chi connectivity index (χ1v) is 8.94. The minimum atomic E-state index is -1.19. The van der Waals surface area contributed by atoms with Gasteiger partial charge in [-0.15, -0.1) is 0 Å². The second kappa shape index (κ2) is 38.4. The minimum Gasteiger partial charge on any atom is -0.550 e. The van der Waals surface area contributed by atoms with Gasteiger partial charge in [-0.2, -0.15) is 0 Å². The molecule has 14 heteroatoms. The number of hydrogen-bond acceptors (Lipinski definition) is 12. The quantitative estimate of drug-likeness (QED) is 0.232. The molecular formula is C21H30Al2O12. The Morgan fingerprint density at radius 2 is 0.514 bits per heavy atom. The van der Waals surface area contributed by atoms with E-state index in [1.165, 1.54) is 41.5 Å². The van der Waals surface area contributed by atoms with E-state index in [1.54, 1.807) is 0 Å². The topological polar surface area (TPSA) is 241 Å². The molecule has 192 valence electrons. The molecule has 0 heterocycles. The Morgan fingerprint density at radius 1 is 0.457 bits per heavy atom. The maximum atomic E-state index is 9.49. The van der Waals surface area contributed by atoms with Gasteiger partial charge >= 0.3 is 34.7 Å². The second-order valence-electron chi connectivity index (χ2n) is 5.38. The number of carbonyl (C=O) groups excluding carboxylic acids is 6. The fourth-order valence-electron chi connectivity index (χ4n) is 0. The van der Waals surface area contributed by atoms with E-state index in [2.05, 4.69) is 19.7 Å². The molecule has 0 bridgehead atoms. The molecule has 12 nitrogen and oxygen atoms in total. The Bertz CT molecular complexity index is 545. The van der Waals surface area contributed by atoms with E-state index in [1.807, 2.05) is 0 Å². The first-order valence-electron chi connectivity index (χ1n) is 8.94. The molecule has 0 spiro atoms. The summed E-state index contributed by atoms with van der Waals surface area (Å²) in [6.07, 6.45) is 0.333. The van der Waals surface area contributed by atoms with E-state index in [4.69, 9.17) is 0 Å². The van der Waals surface area contributed by atoms with Crippen LogP contribution in [0.25, 0.3) is 0 Å². The molecular weight excluding hydrogens is 498 g/mol. The Kier molecular flexibility index (Phi) is 58.6. The zero-order valence-electron chi connectivity index (χ0n) is 20.8. The third-order valence-corrected chi connectivity index (χ3v) is 1.91. The van der Waals surface area contributed by atoms with Crippen molar-refractivity contribution in [2.24, 2.45) is 0 Å². The van der Waals surface area contributed by atoms with Crippen molar-refractivity contribution in [2.45, 2.75) is 60.8 Å². The molecule has 0 N–H and O–H groups in total. The van der Waals surface area contributed by atoms with Gasteiger partial charge in [0, 0.05) is 17.9 Å². The Morgan fingerprint density at radius 3 is 0.514 bits per heavy atom. The summed E-state index contributed by atoms with van der Waals surface area (Å²) in [5.41, 5.74) is 0.194. The summed E-state index contributed by atoms with van der Waals surface area (Å²) in [6, 6.07) is 0. The summed E-state index contributed by atoms with van der Waals surface area (Å²) in [5.74, 6) is -6.54. The van der Waals surface area contributed by atoms with Crippen molar-refractivity contribution in [2.75, 3.05) is 0 Å². The monoisotopic (exact) mass is 528 g/mol. The maximum absolute atomic E-state index is 9.49. The number of carboxylic acid groups (broad SMARTS) is 6. The van der Waals surface area contributed by atoms with Crippen LogP contribution < -0.4 is 30.6 Å². The van der Waals surface area contributed by atoms with Crippen molar-refractivity contribution < 1.29 is 59.4 Å². The van der Waals surface area contributed by atoms with Crippen molar-refractivity contribution in [3.05, 3.63) is 36.5 Å². The fourth-order valence-corrected chi connectivity index (χ4v) is 0. The number of rotatable bonds is 6. The van der Waals surface area contributed by atoms with Crippen molar-refractivity contribution in [1.82, 2.24) is 0 Å². The normalized spacial score (nSPS) is 7.03. The van der Waals surface area contributed by atoms with E-state index in [-0.39, 0.29) is 70.7 Å². The number of aliphatic carboxylic acids is 6. The smallest absolute Gasteiger partial charge is 0.550 e. The summed E-state index contributed by atoms with van der Waals surface area (Å²) in [5, 5.41) is 56.2. The third-order valence-electron chi connectivity index (χ3n) is 1.91. The molecule has 0 saturated carbocycles. The van der Waals surface area contributed by atoms with Crippen LogP contribution in [-0.4, -0.2) is 70.5 Å². The summed E-state index contributed by atoms with van der Waals surface area (Å²) in [7, 11) is 0. The second-order valence-corrected chi connectivity index (χ2v) is 5.38. The van der Waals surface area contributed by atoms with Gasteiger partial charge in [0.15, 0.2) is 0 Å².